The minimum absolute atomic E-state index is 0.0763. The smallest absolute Gasteiger partial charge is 0.223 e. The Morgan fingerprint density at radius 2 is 1.79 bits per heavy atom. The number of nitrogens with one attached hydrogen (secondary N) is 1. The summed E-state index contributed by atoms with van der Waals surface area (Å²) in [5, 5.41) is 13.9. The summed E-state index contributed by atoms with van der Waals surface area (Å²) >= 11 is 1.25. The summed E-state index contributed by atoms with van der Waals surface area (Å²) < 4.78 is 42.0. The summed E-state index contributed by atoms with van der Waals surface area (Å²) in [6, 6.07) is 11.0. The van der Waals surface area contributed by atoms with Gasteiger partial charge in [0, 0.05) is 41.1 Å². The largest absolute Gasteiger partial charge is 0.490 e. The van der Waals surface area contributed by atoms with Crippen LogP contribution in [0.3, 0.4) is 0 Å². The molecule has 0 spiro atoms. The van der Waals surface area contributed by atoms with E-state index in [-0.39, 0.29) is 36.6 Å². The zero-order valence-electron chi connectivity index (χ0n) is 27.7. The van der Waals surface area contributed by atoms with Crippen LogP contribution in [0.4, 0.5) is 8.78 Å². The van der Waals surface area contributed by atoms with E-state index in [1.54, 1.807) is 6.07 Å². The number of nitrogens with zero attached hydrogens (tertiary/aromatic N) is 3. The molecule has 47 heavy (non-hydrogen) atoms. The van der Waals surface area contributed by atoms with Crippen molar-refractivity contribution in [2.24, 2.45) is 11.3 Å². The van der Waals surface area contributed by atoms with E-state index in [9.17, 15) is 9.18 Å². The molecule has 4 aromatic rings. The Morgan fingerprint density at radius 1 is 1.00 bits per heavy atom. The maximum atomic E-state index is 15.4. The van der Waals surface area contributed by atoms with E-state index >= 15 is 4.39 Å². The number of aryl methyl sites for hydroxylation is 1. The first-order chi connectivity index (χ1) is 22.6. The summed E-state index contributed by atoms with van der Waals surface area (Å²) in [7, 11) is 4.23. The molecule has 2 aromatic heterocycles. The van der Waals surface area contributed by atoms with Crippen molar-refractivity contribution >= 4 is 27.3 Å². The van der Waals surface area contributed by atoms with Crippen LogP contribution >= 0.6 is 11.3 Å². The molecule has 1 atom stereocenters. The molecule has 1 amide bonds. The van der Waals surface area contributed by atoms with Crippen LogP contribution in [0.15, 0.2) is 41.8 Å². The van der Waals surface area contributed by atoms with Crippen molar-refractivity contribution in [2.45, 2.75) is 64.8 Å². The van der Waals surface area contributed by atoms with Crippen LogP contribution < -0.4 is 10.1 Å². The molecular formula is C37H44F2N4O3S. The van der Waals surface area contributed by atoms with E-state index < -0.39 is 5.82 Å². The van der Waals surface area contributed by atoms with Crippen LogP contribution in [0, 0.1) is 23.0 Å². The van der Waals surface area contributed by atoms with Crippen molar-refractivity contribution in [3.8, 4) is 28.3 Å². The molecule has 0 bridgehead atoms. The van der Waals surface area contributed by atoms with E-state index in [2.05, 4.69) is 60.5 Å². The Kier molecular flexibility index (Phi) is 10.2. The highest BCUT2D eigenvalue weighted by atomic mass is 32.1. The van der Waals surface area contributed by atoms with Crippen LogP contribution in [0.25, 0.3) is 32.6 Å². The van der Waals surface area contributed by atoms with E-state index in [1.807, 2.05) is 6.07 Å². The second-order valence-corrected chi connectivity index (χ2v) is 14.7. The Hall–Kier alpha value is -3.47. The number of rotatable bonds is 11. The third-order valence-corrected chi connectivity index (χ3v) is 10.8. The van der Waals surface area contributed by atoms with E-state index in [0.29, 0.717) is 51.6 Å². The summed E-state index contributed by atoms with van der Waals surface area (Å²) in [6.07, 6.45) is 7.00. The van der Waals surface area contributed by atoms with Gasteiger partial charge in [0.2, 0.25) is 5.91 Å². The Morgan fingerprint density at radius 3 is 2.57 bits per heavy atom. The standard InChI is InChI=1S/C37H44F2N4O3S/c1-37(2)13-11-23(12-14-37)36(44)40-15-16-45-17-18-46-31-21-27(38)8-10-29(31)34-35-32(30(39)22-47-35)33(41-42-34)26-6-5-25-20-28(43(3)4)9-7-24(25)19-26/h5-6,8,10,19,21-23,28H,7,9,11-18,20H2,1-4H3,(H,40,44). The van der Waals surface area contributed by atoms with Gasteiger partial charge < -0.3 is 19.7 Å². The van der Waals surface area contributed by atoms with Crippen LogP contribution in [0.2, 0.25) is 0 Å². The van der Waals surface area contributed by atoms with Crippen molar-refractivity contribution < 1.29 is 23.0 Å². The van der Waals surface area contributed by atoms with E-state index in [0.717, 1.165) is 50.5 Å². The molecule has 1 saturated carbocycles. The number of halogens is 2. The van der Waals surface area contributed by atoms with Crippen molar-refractivity contribution in [2.75, 3.05) is 40.5 Å². The topological polar surface area (TPSA) is 76.6 Å². The van der Waals surface area contributed by atoms with Gasteiger partial charge in [-0.25, -0.2) is 8.78 Å². The molecule has 10 heteroatoms. The number of likely N-dealkylation sites (N-methyl/N-ethyl adjacent to an activating group) is 1. The lowest BCUT2D eigenvalue weighted by atomic mass is 9.73. The van der Waals surface area contributed by atoms with Gasteiger partial charge in [-0.05, 0) is 93.8 Å². The molecule has 2 aromatic carbocycles. The Bertz CT molecular complexity index is 1730. The first-order valence-corrected chi connectivity index (χ1v) is 17.5. The number of fused-ring (bicyclic) bond motifs is 2. The fraction of sp³-hybridized carbons (Fsp3) is 0.486. The molecule has 2 aliphatic carbocycles. The molecule has 6 rings (SSSR count). The molecule has 0 aliphatic heterocycles. The number of ether oxygens (including phenoxy) is 2. The lowest BCUT2D eigenvalue weighted by Gasteiger charge is -2.33. The molecule has 1 unspecified atom stereocenters. The highest BCUT2D eigenvalue weighted by molar-refractivity contribution is 7.17. The number of carbonyl (C=O) groups is 1. The number of thiophene rings is 1. The third-order valence-electron chi connectivity index (χ3n) is 9.80. The van der Waals surface area contributed by atoms with E-state index in [4.69, 9.17) is 9.47 Å². The van der Waals surface area contributed by atoms with Crippen LogP contribution in [-0.2, 0) is 22.4 Å². The van der Waals surface area contributed by atoms with Crippen LogP contribution in [-0.4, -0.2) is 67.5 Å². The number of aromatic nitrogens is 2. The van der Waals surface area contributed by atoms with Crippen molar-refractivity contribution in [1.82, 2.24) is 20.4 Å². The van der Waals surface area contributed by atoms with Gasteiger partial charge in [0.15, 0.2) is 0 Å². The Balaban J connectivity index is 1.11. The summed E-state index contributed by atoms with van der Waals surface area (Å²) in [4.78, 5) is 14.8. The molecular weight excluding hydrogens is 618 g/mol. The van der Waals surface area contributed by atoms with Gasteiger partial charge in [0.1, 0.15) is 35.4 Å². The third kappa shape index (κ3) is 7.66. The fourth-order valence-corrected chi connectivity index (χ4v) is 7.72. The monoisotopic (exact) mass is 662 g/mol. The quantitative estimate of drug-likeness (QED) is 0.168. The van der Waals surface area contributed by atoms with Gasteiger partial charge in [-0.15, -0.1) is 21.5 Å². The van der Waals surface area contributed by atoms with Crippen LogP contribution in [0.5, 0.6) is 5.75 Å². The number of benzene rings is 2. The minimum Gasteiger partial charge on any atom is -0.490 e. The molecule has 0 saturated heterocycles. The highest BCUT2D eigenvalue weighted by Gasteiger charge is 2.30. The predicted octanol–water partition coefficient (Wildman–Crippen LogP) is 7.45. The van der Waals surface area contributed by atoms with Gasteiger partial charge in [-0.1, -0.05) is 26.0 Å². The average Bonchev–Trinajstić information content (AvgIpc) is 3.45. The summed E-state index contributed by atoms with van der Waals surface area (Å²) in [5.41, 5.74) is 5.20. The molecule has 7 nitrogen and oxygen atoms in total. The van der Waals surface area contributed by atoms with E-state index in [1.165, 1.54) is 40.0 Å². The number of amides is 1. The predicted molar refractivity (Wildman–Crippen MR) is 183 cm³/mol. The fourth-order valence-electron chi connectivity index (χ4n) is 6.81. The first-order valence-electron chi connectivity index (χ1n) is 16.6. The number of hydrogen-bond acceptors (Lipinski definition) is 7. The number of carbonyl (C=O) groups excluding carboxylic acids is 1. The van der Waals surface area contributed by atoms with Gasteiger partial charge in [0.05, 0.1) is 23.3 Å². The minimum atomic E-state index is -0.456. The Labute approximate surface area is 279 Å². The molecule has 2 heterocycles. The second kappa shape index (κ2) is 14.3. The maximum absolute atomic E-state index is 15.4. The SMILES string of the molecule is CN(C)C1CCc2cc(-c3nnc(-c4ccc(F)cc4OCCOCCNC(=O)C4CCC(C)(C)CC4)c4scc(F)c34)ccc2C1. The van der Waals surface area contributed by atoms with Crippen molar-refractivity contribution in [3.63, 3.8) is 0 Å². The van der Waals surface area contributed by atoms with Gasteiger partial charge in [-0.2, -0.15) is 0 Å². The first kappa shape index (κ1) is 33.4. The molecule has 1 N–H and O–H groups in total. The lowest BCUT2D eigenvalue weighted by molar-refractivity contribution is -0.126. The summed E-state index contributed by atoms with van der Waals surface area (Å²) in [5.74, 6) is -0.366. The van der Waals surface area contributed by atoms with Gasteiger partial charge in [-0.3, -0.25) is 4.79 Å². The lowest BCUT2D eigenvalue weighted by Crippen LogP contribution is -2.36. The maximum Gasteiger partial charge on any atom is 0.223 e. The van der Waals surface area contributed by atoms with Gasteiger partial charge >= 0.3 is 0 Å². The molecule has 1 fully saturated rings. The summed E-state index contributed by atoms with van der Waals surface area (Å²) in [6.45, 7) is 5.71. The van der Waals surface area contributed by atoms with Crippen LogP contribution in [0.1, 0.15) is 57.1 Å². The van der Waals surface area contributed by atoms with Gasteiger partial charge in [0.25, 0.3) is 0 Å². The molecule has 2 aliphatic rings. The molecule has 0 radical (unpaired) electrons. The zero-order valence-corrected chi connectivity index (χ0v) is 28.5. The highest BCUT2D eigenvalue weighted by Crippen LogP contribution is 2.42. The normalized spacial score (nSPS) is 18.0. The molecule has 250 valence electrons. The zero-order chi connectivity index (χ0) is 33.1. The van der Waals surface area contributed by atoms with Crippen molar-refractivity contribution in [1.29, 1.82) is 0 Å². The van der Waals surface area contributed by atoms with Crippen molar-refractivity contribution in [3.05, 3.63) is 64.5 Å². The second-order valence-electron chi connectivity index (χ2n) is 13.9. The average molecular weight is 663 g/mol. The number of hydrogen-bond donors (Lipinski definition) is 1.